The molecule has 1 saturated carbocycles. The third kappa shape index (κ3) is 4.60. The van der Waals surface area contributed by atoms with Gasteiger partial charge < -0.3 is 9.88 Å². The Balaban J connectivity index is 1.67. The monoisotopic (exact) mass is 423 g/mol. The van der Waals surface area contributed by atoms with E-state index in [0.717, 1.165) is 25.7 Å². The Kier molecular flexibility index (Phi) is 5.77. The van der Waals surface area contributed by atoms with Gasteiger partial charge in [-0.15, -0.1) is 0 Å². The fraction of sp³-hybridized carbons (Fsp3) is 0.542. The molecule has 1 aliphatic rings. The van der Waals surface area contributed by atoms with Gasteiger partial charge in [0.05, 0.1) is 0 Å². The summed E-state index contributed by atoms with van der Waals surface area (Å²) in [7, 11) is 1.65. The number of benzene rings is 1. The molecule has 0 unspecified atom stereocenters. The lowest BCUT2D eigenvalue weighted by Crippen LogP contribution is -2.36. The van der Waals surface area contributed by atoms with Crippen LogP contribution in [0.25, 0.3) is 11.2 Å². The smallest absolute Gasteiger partial charge is 0.329 e. The number of imidazole rings is 1. The van der Waals surface area contributed by atoms with E-state index < -0.39 is 5.69 Å². The number of aromatic nitrogens is 4. The van der Waals surface area contributed by atoms with Crippen LogP contribution in [0.3, 0.4) is 0 Å². The molecule has 7 nitrogen and oxygen atoms in total. The molecule has 2 N–H and O–H groups in total. The first-order valence-electron chi connectivity index (χ1n) is 11.2. The fourth-order valence-electron chi connectivity index (χ4n) is 5.29. The van der Waals surface area contributed by atoms with E-state index in [2.05, 4.69) is 43.2 Å². The van der Waals surface area contributed by atoms with Gasteiger partial charge in [0.1, 0.15) is 0 Å². The van der Waals surface area contributed by atoms with Gasteiger partial charge in [-0.3, -0.25) is 14.3 Å². The Morgan fingerprint density at radius 3 is 2.65 bits per heavy atom. The van der Waals surface area contributed by atoms with E-state index in [-0.39, 0.29) is 11.0 Å². The second kappa shape index (κ2) is 8.36. The minimum Gasteiger partial charge on any atom is -0.353 e. The van der Waals surface area contributed by atoms with Crippen molar-refractivity contribution in [3.05, 3.63) is 56.7 Å². The molecule has 2 aromatic heterocycles. The highest BCUT2D eigenvalue weighted by atomic mass is 16.2. The minimum atomic E-state index is -0.439. The molecule has 2 heterocycles. The van der Waals surface area contributed by atoms with Gasteiger partial charge >= 0.3 is 5.69 Å². The molecule has 2 atom stereocenters. The van der Waals surface area contributed by atoms with Crippen molar-refractivity contribution < 1.29 is 0 Å². The van der Waals surface area contributed by atoms with Crippen LogP contribution in [-0.4, -0.2) is 25.1 Å². The van der Waals surface area contributed by atoms with Crippen LogP contribution in [0, 0.1) is 11.3 Å². The zero-order valence-corrected chi connectivity index (χ0v) is 18.9. The molecule has 31 heavy (non-hydrogen) atoms. The first-order valence-corrected chi connectivity index (χ1v) is 11.2. The van der Waals surface area contributed by atoms with E-state index in [1.165, 1.54) is 16.6 Å². The average Bonchev–Trinajstić information content (AvgIpc) is 3.04. The van der Waals surface area contributed by atoms with Crippen molar-refractivity contribution in [1.29, 1.82) is 0 Å². The number of aryl methyl sites for hydroxylation is 3. The van der Waals surface area contributed by atoms with Crippen LogP contribution < -0.4 is 16.6 Å². The number of nitrogens with zero attached hydrogens (tertiary/aromatic N) is 3. The van der Waals surface area contributed by atoms with Crippen LogP contribution in [0.1, 0.15) is 52.0 Å². The van der Waals surface area contributed by atoms with Gasteiger partial charge in [0.15, 0.2) is 11.2 Å². The molecule has 1 aliphatic carbocycles. The lowest BCUT2D eigenvalue weighted by atomic mass is 9.71. The van der Waals surface area contributed by atoms with E-state index in [4.69, 9.17) is 4.98 Å². The van der Waals surface area contributed by atoms with Crippen LogP contribution in [0.4, 0.5) is 5.95 Å². The average molecular weight is 424 g/mol. The van der Waals surface area contributed by atoms with Crippen molar-refractivity contribution in [1.82, 2.24) is 19.1 Å². The predicted molar refractivity (Wildman–Crippen MR) is 125 cm³/mol. The highest BCUT2D eigenvalue weighted by Gasteiger charge is 2.33. The molecule has 1 fully saturated rings. The maximum atomic E-state index is 12.7. The van der Waals surface area contributed by atoms with Crippen molar-refractivity contribution in [2.45, 2.75) is 65.5 Å². The Morgan fingerprint density at radius 2 is 1.94 bits per heavy atom. The highest BCUT2D eigenvalue weighted by molar-refractivity contribution is 5.74. The van der Waals surface area contributed by atoms with Crippen LogP contribution >= 0.6 is 0 Å². The topological polar surface area (TPSA) is 84.7 Å². The molecule has 0 amide bonds. The van der Waals surface area contributed by atoms with Crippen molar-refractivity contribution in [3.8, 4) is 0 Å². The summed E-state index contributed by atoms with van der Waals surface area (Å²) < 4.78 is 3.38. The number of fused-ring (bicyclic) bond motifs is 1. The molecule has 1 aromatic carbocycles. The van der Waals surface area contributed by atoms with Crippen LogP contribution in [0.15, 0.2) is 39.9 Å². The maximum Gasteiger partial charge on any atom is 0.329 e. The van der Waals surface area contributed by atoms with Gasteiger partial charge in [-0.05, 0) is 49.0 Å². The fourth-order valence-corrected chi connectivity index (χ4v) is 5.29. The van der Waals surface area contributed by atoms with Gasteiger partial charge in [0.25, 0.3) is 5.56 Å². The van der Waals surface area contributed by atoms with E-state index >= 15 is 0 Å². The largest absolute Gasteiger partial charge is 0.353 e. The van der Waals surface area contributed by atoms with Crippen molar-refractivity contribution in [2.75, 3.05) is 5.32 Å². The van der Waals surface area contributed by atoms with Gasteiger partial charge in [0.2, 0.25) is 5.95 Å². The number of rotatable bonds is 6. The summed E-state index contributed by atoms with van der Waals surface area (Å²) in [6, 6.07) is 10.6. The summed E-state index contributed by atoms with van der Waals surface area (Å²) >= 11 is 0. The first-order chi connectivity index (χ1) is 14.7. The Labute approximate surface area is 182 Å². The van der Waals surface area contributed by atoms with Crippen molar-refractivity contribution in [3.63, 3.8) is 0 Å². The zero-order valence-electron chi connectivity index (χ0n) is 18.9. The molecule has 3 aromatic rings. The molecular formula is C24H33N5O2. The molecule has 0 saturated heterocycles. The second-order valence-electron chi connectivity index (χ2n) is 9.92. The lowest BCUT2D eigenvalue weighted by Gasteiger charge is -2.39. The summed E-state index contributed by atoms with van der Waals surface area (Å²) in [4.78, 5) is 32.0. The Morgan fingerprint density at radius 1 is 1.19 bits per heavy atom. The first kappa shape index (κ1) is 21.4. The van der Waals surface area contributed by atoms with Crippen molar-refractivity contribution >= 4 is 17.1 Å². The molecule has 0 aliphatic heterocycles. The predicted octanol–water partition coefficient (Wildman–Crippen LogP) is 3.68. The molecule has 0 radical (unpaired) electrons. The van der Waals surface area contributed by atoms with Crippen LogP contribution in [0.5, 0.6) is 0 Å². The SMILES string of the molecule is C[C@@H]1C[C@@H](Nc2nc3c(c(=O)[nH]c(=O)n3C)n2CCCc2ccccc2)CC(C)(C)C1. The van der Waals surface area contributed by atoms with Crippen molar-refractivity contribution in [2.24, 2.45) is 18.4 Å². The van der Waals surface area contributed by atoms with E-state index in [1.54, 1.807) is 7.05 Å². The van der Waals surface area contributed by atoms with Crippen LogP contribution in [-0.2, 0) is 20.0 Å². The Hall–Kier alpha value is -2.83. The molecule has 0 spiro atoms. The van der Waals surface area contributed by atoms with Gasteiger partial charge in [-0.25, -0.2) is 4.79 Å². The minimum absolute atomic E-state index is 0.268. The third-order valence-corrected chi connectivity index (χ3v) is 6.42. The highest BCUT2D eigenvalue weighted by Crippen LogP contribution is 2.39. The zero-order chi connectivity index (χ0) is 22.2. The molecular weight excluding hydrogens is 390 g/mol. The van der Waals surface area contributed by atoms with Crippen LogP contribution in [0.2, 0.25) is 0 Å². The van der Waals surface area contributed by atoms with Gasteiger partial charge in [-0.1, -0.05) is 51.1 Å². The number of hydrogen-bond acceptors (Lipinski definition) is 4. The molecule has 4 rings (SSSR count). The molecule has 0 bridgehead atoms. The summed E-state index contributed by atoms with van der Waals surface area (Å²) in [5.41, 5.74) is 1.61. The quantitative estimate of drug-likeness (QED) is 0.633. The number of anilines is 1. The number of hydrogen-bond donors (Lipinski definition) is 2. The third-order valence-electron chi connectivity index (χ3n) is 6.42. The van der Waals surface area contributed by atoms with Gasteiger partial charge in [0, 0.05) is 19.6 Å². The number of nitrogens with one attached hydrogen (secondary N) is 2. The summed E-state index contributed by atoms with van der Waals surface area (Å²) in [6.07, 6.45) is 5.13. The number of H-pyrrole nitrogens is 1. The second-order valence-corrected chi connectivity index (χ2v) is 9.92. The normalized spacial score (nSPS) is 20.8. The standard InChI is InChI=1S/C24H33N5O2/c1-16-13-18(15-24(2,3)14-16)25-22-26-20-19(21(30)27-23(31)28(20)4)29(22)12-8-11-17-9-6-5-7-10-17/h5-7,9-10,16,18H,8,11-15H2,1-4H3,(H,25,26)(H,27,30,31)/t16-,18-/m1/s1. The maximum absolute atomic E-state index is 12.7. The summed E-state index contributed by atoms with van der Waals surface area (Å²) in [5.74, 6) is 1.31. The Bertz CT molecular complexity index is 1170. The van der Waals surface area contributed by atoms with E-state index in [0.29, 0.717) is 35.6 Å². The van der Waals surface area contributed by atoms with E-state index in [1.807, 2.05) is 22.8 Å². The summed E-state index contributed by atoms with van der Waals surface area (Å²) in [5, 5.41) is 3.63. The van der Waals surface area contributed by atoms with E-state index in [9.17, 15) is 9.59 Å². The number of aromatic amines is 1. The molecule has 7 heteroatoms. The summed E-state index contributed by atoms with van der Waals surface area (Å²) in [6.45, 7) is 7.58. The lowest BCUT2D eigenvalue weighted by molar-refractivity contribution is 0.177. The van der Waals surface area contributed by atoms with Gasteiger partial charge in [-0.2, -0.15) is 4.98 Å². The molecule has 166 valence electrons.